The van der Waals surface area contributed by atoms with Gasteiger partial charge in [0, 0.05) is 6.07 Å². The first-order chi connectivity index (χ1) is 4.74. The van der Waals surface area contributed by atoms with Gasteiger partial charge in [0.15, 0.2) is 0 Å². The Bertz CT molecular complexity index is 288. The minimum absolute atomic E-state index is 0.295. The van der Waals surface area contributed by atoms with Crippen LogP contribution in [0.3, 0.4) is 0 Å². The van der Waals surface area contributed by atoms with Crippen molar-refractivity contribution in [2.75, 3.05) is 0 Å². The fraction of sp³-hybridized carbons (Fsp3) is 0. The van der Waals surface area contributed by atoms with Crippen molar-refractivity contribution in [1.82, 2.24) is 0 Å². The van der Waals surface area contributed by atoms with Crippen molar-refractivity contribution in [3.05, 3.63) is 35.4 Å². The van der Waals surface area contributed by atoms with Gasteiger partial charge in [-0.15, -0.1) is 0 Å². The number of rotatable bonds is 0. The topological polar surface area (TPSA) is 23.8 Å². The first-order valence-electron chi connectivity index (χ1n) is 2.51. The Hall–Kier alpha value is -1.43. The van der Waals surface area contributed by atoms with Gasteiger partial charge in [-0.3, -0.25) is 0 Å². The SMILES string of the molecule is N#Cc1cc(F)[c]cc1F. The lowest BCUT2D eigenvalue weighted by Crippen LogP contribution is -1.84. The Balaban J connectivity index is 3.25. The molecule has 0 spiro atoms. The van der Waals surface area contributed by atoms with Gasteiger partial charge in [-0.25, -0.2) is 8.78 Å². The van der Waals surface area contributed by atoms with Gasteiger partial charge in [-0.2, -0.15) is 5.26 Å². The average Bonchev–Trinajstić information content (AvgIpc) is 1.94. The van der Waals surface area contributed by atoms with E-state index in [1.807, 2.05) is 6.07 Å². The van der Waals surface area contributed by atoms with Gasteiger partial charge >= 0.3 is 0 Å². The summed E-state index contributed by atoms with van der Waals surface area (Å²) in [6.07, 6.45) is 0. The van der Waals surface area contributed by atoms with E-state index in [1.54, 1.807) is 0 Å². The van der Waals surface area contributed by atoms with Crippen molar-refractivity contribution >= 4 is 0 Å². The average molecular weight is 138 g/mol. The fourth-order valence-corrected chi connectivity index (χ4v) is 0.533. The highest BCUT2D eigenvalue weighted by Crippen LogP contribution is 2.06. The maximum Gasteiger partial charge on any atom is 0.141 e. The van der Waals surface area contributed by atoms with Gasteiger partial charge in [0.1, 0.15) is 17.7 Å². The molecule has 0 fully saturated rings. The van der Waals surface area contributed by atoms with Crippen molar-refractivity contribution in [3.63, 3.8) is 0 Å². The third-order valence-electron chi connectivity index (χ3n) is 0.986. The normalized spacial score (nSPS) is 8.90. The van der Waals surface area contributed by atoms with Crippen LogP contribution in [0.25, 0.3) is 0 Å². The van der Waals surface area contributed by atoms with Crippen LogP contribution >= 0.6 is 0 Å². The number of halogens is 2. The maximum atomic E-state index is 12.3. The van der Waals surface area contributed by atoms with Crippen molar-refractivity contribution < 1.29 is 8.78 Å². The predicted octanol–water partition coefficient (Wildman–Crippen LogP) is 1.64. The van der Waals surface area contributed by atoms with Crippen LogP contribution in [0.1, 0.15) is 5.56 Å². The maximum absolute atomic E-state index is 12.3. The van der Waals surface area contributed by atoms with Gasteiger partial charge in [0.25, 0.3) is 0 Å². The van der Waals surface area contributed by atoms with Gasteiger partial charge in [-0.05, 0) is 12.1 Å². The zero-order valence-electron chi connectivity index (χ0n) is 4.86. The summed E-state index contributed by atoms with van der Waals surface area (Å²) in [6.45, 7) is 0. The number of benzene rings is 1. The Labute approximate surface area is 56.5 Å². The first kappa shape index (κ1) is 6.69. The summed E-state index contributed by atoms with van der Waals surface area (Å²) < 4.78 is 24.5. The largest absolute Gasteiger partial charge is 0.206 e. The van der Waals surface area contributed by atoms with E-state index in [1.165, 1.54) is 6.07 Å². The molecular weight excluding hydrogens is 136 g/mol. The lowest BCUT2D eigenvalue weighted by molar-refractivity contribution is 0.595. The summed E-state index contributed by atoms with van der Waals surface area (Å²) in [4.78, 5) is 0. The van der Waals surface area contributed by atoms with Crippen LogP contribution in [0.2, 0.25) is 0 Å². The molecule has 1 radical (unpaired) electrons. The van der Waals surface area contributed by atoms with Gasteiger partial charge in [-0.1, -0.05) is 0 Å². The monoisotopic (exact) mass is 138 g/mol. The molecule has 1 aromatic carbocycles. The molecule has 1 rings (SSSR count). The second kappa shape index (κ2) is 2.44. The van der Waals surface area contributed by atoms with Crippen LogP contribution in [0.15, 0.2) is 12.1 Å². The number of hydrogen-bond acceptors (Lipinski definition) is 1. The molecule has 49 valence electrons. The summed E-state index contributed by atoms with van der Waals surface area (Å²) in [5.41, 5.74) is -0.295. The third-order valence-corrected chi connectivity index (χ3v) is 0.986. The molecule has 10 heavy (non-hydrogen) atoms. The summed E-state index contributed by atoms with van der Waals surface area (Å²) in [6, 6.07) is 5.08. The summed E-state index contributed by atoms with van der Waals surface area (Å²) in [5, 5.41) is 8.17. The Morgan fingerprint density at radius 1 is 1.50 bits per heavy atom. The molecule has 1 nitrogen and oxygen atoms in total. The van der Waals surface area contributed by atoms with Crippen LogP contribution in [-0.2, 0) is 0 Å². The lowest BCUT2D eigenvalue weighted by Gasteiger charge is -1.89. The van der Waals surface area contributed by atoms with Gasteiger partial charge in [0.2, 0.25) is 0 Å². The molecule has 0 aliphatic carbocycles. The van der Waals surface area contributed by atoms with E-state index in [-0.39, 0.29) is 5.56 Å². The highest BCUT2D eigenvalue weighted by molar-refractivity contribution is 5.29. The minimum Gasteiger partial charge on any atom is -0.206 e. The number of nitrogens with zero attached hydrogens (tertiary/aromatic N) is 1. The number of nitriles is 1. The Morgan fingerprint density at radius 3 is 2.70 bits per heavy atom. The molecule has 1 aromatic rings. The molecule has 0 atom stereocenters. The van der Waals surface area contributed by atoms with E-state index in [0.717, 1.165) is 12.1 Å². The lowest BCUT2D eigenvalue weighted by atomic mass is 10.2. The van der Waals surface area contributed by atoms with E-state index in [0.29, 0.717) is 0 Å². The van der Waals surface area contributed by atoms with Crippen molar-refractivity contribution in [2.45, 2.75) is 0 Å². The molecule has 0 bridgehead atoms. The summed E-state index contributed by atoms with van der Waals surface area (Å²) in [5.74, 6) is -1.47. The highest BCUT2D eigenvalue weighted by atomic mass is 19.1. The number of hydrogen-bond donors (Lipinski definition) is 0. The zero-order chi connectivity index (χ0) is 7.56. The summed E-state index contributed by atoms with van der Waals surface area (Å²) >= 11 is 0. The van der Waals surface area contributed by atoms with Crippen molar-refractivity contribution in [2.24, 2.45) is 0 Å². The second-order valence-electron chi connectivity index (χ2n) is 1.65. The minimum atomic E-state index is -0.746. The Morgan fingerprint density at radius 2 is 2.20 bits per heavy atom. The smallest absolute Gasteiger partial charge is 0.141 e. The van der Waals surface area contributed by atoms with E-state index in [2.05, 4.69) is 0 Å². The highest BCUT2D eigenvalue weighted by Gasteiger charge is 2.00. The van der Waals surface area contributed by atoms with Crippen LogP contribution in [0.5, 0.6) is 0 Å². The van der Waals surface area contributed by atoms with Gasteiger partial charge in [0.05, 0.1) is 5.56 Å². The van der Waals surface area contributed by atoms with Crippen LogP contribution < -0.4 is 0 Å². The fourth-order valence-electron chi connectivity index (χ4n) is 0.533. The molecule has 3 heteroatoms. The zero-order valence-corrected chi connectivity index (χ0v) is 4.86. The molecule has 0 saturated heterocycles. The second-order valence-corrected chi connectivity index (χ2v) is 1.65. The molecule has 0 unspecified atom stereocenters. The predicted molar refractivity (Wildman–Crippen MR) is 29.9 cm³/mol. The standard InChI is InChI=1S/C7H2F2N/c8-6-1-2-7(9)5(3-6)4-10/h2-3H. The first-order valence-corrected chi connectivity index (χ1v) is 2.51. The molecule has 0 saturated carbocycles. The van der Waals surface area contributed by atoms with Crippen molar-refractivity contribution in [3.8, 4) is 6.07 Å². The molecule has 0 N–H and O–H groups in total. The molecular formula is C7H2F2N. The molecule has 0 aliphatic rings. The summed E-state index contributed by atoms with van der Waals surface area (Å²) in [7, 11) is 0. The molecule has 0 heterocycles. The van der Waals surface area contributed by atoms with Gasteiger partial charge < -0.3 is 0 Å². The van der Waals surface area contributed by atoms with E-state index in [4.69, 9.17) is 5.26 Å². The van der Waals surface area contributed by atoms with E-state index >= 15 is 0 Å². The van der Waals surface area contributed by atoms with Crippen LogP contribution in [0.4, 0.5) is 8.78 Å². The molecule has 0 amide bonds. The third kappa shape index (κ3) is 1.11. The quantitative estimate of drug-likeness (QED) is 0.534. The van der Waals surface area contributed by atoms with Crippen LogP contribution in [-0.4, -0.2) is 0 Å². The molecule has 0 aliphatic heterocycles. The van der Waals surface area contributed by atoms with E-state index < -0.39 is 11.6 Å². The Kier molecular flexibility index (Phi) is 1.63. The van der Waals surface area contributed by atoms with Crippen LogP contribution in [0, 0.1) is 29.0 Å². The van der Waals surface area contributed by atoms with E-state index in [9.17, 15) is 8.78 Å². The molecule has 0 aromatic heterocycles. The van der Waals surface area contributed by atoms with Crippen molar-refractivity contribution in [1.29, 1.82) is 5.26 Å².